The Morgan fingerprint density at radius 2 is 1.59 bits per heavy atom. The highest BCUT2D eigenvalue weighted by Gasteiger charge is 2.30. The van der Waals surface area contributed by atoms with Gasteiger partial charge in [0, 0.05) is 50.5 Å². The van der Waals surface area contributed by atoms with E-state index in [0.717, 1.165) is 49.7 Å². The first-order valence-electron chi connectivity index (χ1n) is 11.6. The monoisotopic (exact) mass is 429 g/mol. The van der Waals surface area contributed by atoms with E-state index in [2.05, 4.69) is 16.8 Å². The molecule has 2 aliphatic heterocycles. The standard InChI is InChI=1S/C26H31N5O/c1-28-14-8-13-23(19-28)29-15-17-30(18-16-29)26(32)24-20-31(22-11-6-3-7-12-22)27-25(24)21-9-4-2-5-10-21/h2-7,9-12,20,23H,8,13-19H2,1H3. The molecular formula is C26H31N5O. The fourth-order valence-electron chi connectivity index (χ4n) is 4.95. The first kappa shape index (κ1) is 20.9. The lowest BCUT2D eigenvalue weighted by Crippen LogP contribution is -2.55. The second kappa shape index (κ2) is 9.27. The number of rotatable bonds is 4. The Hall–Kier alpha value is -2.96. The topological polar surface area (TPSA) is 44.6 Å². The summed E-state index contributed by atoms with van der Waals surface area (Å²) in [6.07, 6.45) is 4.42. The Morgan fingerprint density at radius 3 is 2.28 bits per heavy atom. The largest absolute Gasteiger partial charge is 0.336 e. The van der Waals surface area contributed by atoms with Crippen LogP contribution in [0.15, 0.2) is 66.9 Å². The fourth-order valence-corrected chi connectivity index (χ4v) is 4.95. The van der Waals surface area contributed by atoms with Crippen LogP contribution in [-0.4, -0.2) is 82.7 Å². The molecule has 0 spiro atoms. The zero-order valence-corrected chi connectivity index (χ0v) is 18.7. The van der Waals surface area contributed by atoms with Crippen molar-refractivity contribution < 1.29 is 4.79 Å². The second-order valence-corrected chi connectivity index (χ2v) is 8.92. The van der Waals surface area contributed by atoms with Crippen LogP contribution >= 0.6 is 0 Å². The number of hydrogen-bond donors (Lipinski definition) is 0. The van der Waals surface area contributed by atoms with E-state index in [0.29, 0.717) is 11.6 Å². The van der Waals surface area contributed by atoms with Gasteiger partial charge in [-0.2, -0.15) is 5.10 Å². The molecule has 0 saturated carbocycles. The van der Waals surface area contributed by atoms with Gasteiger partial charge in [-0.15, -0.1) is 0 Å². The molecule has 2 fully saturated rings. The molecule has 0 aliphatic carbocycles. The summed E-state index contributed by atoms with van der Waals surface area (Å²) in [4.78, 5) is 20.6. The maximum atomic E-state index is 13.6. The van der Waals surface area contributed by atoms with E-state index in [1.54, 1.807) is 0 Å². The number of likely N-dealkylation sites (N-methyl/N-ethyl adjacent to an activating group) is 1. The van der Waals surface area contributed by atoms with Crippen molar-refractivity contribution >= 4 is 5.91 Å². The van der Waals surface area contributed by atoms with Crippen molar-refractivity contribution in [3.8, 4) is 16.9 Å². The van der Waals surface area contributed by atoms with E-state index in [9.17, 15) is 4.79 Å². The zero-order chi connectivity index (χ0) is 21.9. The average molecular weight is 430 g/mol. The van der Waals surface area contributed by atoms with Gasteiger partial charge in [0.05, 0.1) is 11.3 Å². The molecule has 1 unspecified atom stereocenters. The number of piperazine rings is 1. The molecule has 3 heterocycles. The second-order valence-electron chi connectivity index (χ2n) is 8.92. The number of hydrogen-bond acceptors (Lipinski definition) is 4. The maximum absolute atomic E-state index is 13.6. The van der Waals surface area contributed by atoms with Crippen molar-refractivity contribution in [2.45, 2.75) is 18.9 Å². The quantitative estimate of drug-likeness (QED) is 0.638. The van der Waals surface area contributed by atoms with E-state index in [1.165, 1.54) is 19.4 Å². The predicted molar refractivity (Wildman–Crippen MR) is 127 cm³/mol. The van der Waals surface area contributed by atoms with Gasteiger partial charge in [-0.25, -0.2) is 4.68 Å². The number of para-hydroxylation sites is 1. The molecule has 5 rings (SSSR count). The van der Waals surface area contributed by atoms with E-state index in [-0.39, 0.29) is 5.91 Å². The Kier molecular flexibility index (Phi) is 6.06. The van der Waals surface area contributed by atoms with Gasteiger partial charge in [0.25, 0.3) is 5.91 Å². The molecule has 6 nitrogen and oxygen atoms in total. The van der Waals surface area contributed by atoms with E-state index >= 15 is 0 Å². The number of carbonyl (C=O) groups excluding carboxylic acids is 1. The van der Waals surface area contributed by atoms with Gasteiger partial charge in [0.15, 0.2) is 0 Å². The van der Waals surface area contributed by atoms with Crippen molar-refractivity contribution in [3.05, 3.63) is 72.4 Å². The smallest absolute Gasteiger partial charge is 0.257 e. The van der Waals surface area contributed by atoms with Crippen LogP contribution in [0.4, 0.5) is 0 Å². The van der Waals surface area contributed by atoms with Crippen LogP contribution in [0.2, 0.25) is 0 Å². The third-order valence-corrected chi connectivity index (χ3v) is 6.73. The molecule has 0 N–H and O–H groups in total. The molecule has 0 bridgehead atoms. The molecule has 32 heavy (non-hydrogen) atoms. The predicted octanol–water partition coefficient (Wildman–Crippen LogP) is 3.39. The van der Waals surface area contributed by atoms with Crippen LogP contribution in [0.25, 0.3) is 16.9 Å². The summed E-state index contributed by atoms with van der Waals surface area (Å²) in [6, 6.07) is 20.6. The lowest BCUT2D eigenvalue weighted by Gasteiger charge is -2.42. The first-order chi connectivity index (χ1) is 15.7. The van der Waals surface area contributed by atoms with Gasteiger partial charge in [0.2, 0.25) is 0 Å². The summed E-state index contributed by atoms with van der Waals surface area (Å²) < 4.78 is 1.82. The highest BCUT2D eigenvalue weighted by Crippen LogP contribution is 2.26. The summed E-state index contributed by atoms with van der Waals surface area (Å²) in [6.45, 7) is 5.75. The molecule has 2 saturated heterocycles. The van der Waals surface area contributed by atoms with Crippen LogP contribution < -0.4 is 0 Å². The molecule has 1 atom stereocenters. The fraction of sp³-hybridized carbons (Fsp3) is 0.385. The highest BCUT2D eigenvalue weighted by atomic mass is 16.2. The van der Waals surface area contributed by atoms with Gasteiger partial charge >= 0.3 is 0 Å². The summed E-state index contributed by atoms with van der Waals surface area (Å²) in [5.74, 6) is 0.0754. The SMILES string of the molecule is CN1CCCC(N2CCN(C(=O)c3cn(-c4ccccc4)nc3-c3ccccc3)CC2)C1. The normalized spacial score (nSPS) is 20.4. The van der Waals surface area contributed by atoms with Crippen molar-refractivity contribution in [2.24, 2.45) is 0 Å². The third kappa shape index (κ3) is 4.33. The average Bonchev–Trinajstić information content (AvgIpc) is 3.30. The number of nitrogens with zero attached hydrogens (tertiary/aromatic N) is 5. The first-order valence-corrected chi connectivity index (χ1v) is 11.6. The highest BCUT2D eigenvalue weighted by molar-refractivity contribution is 6.00. The summed E-state index contributed by atoms with van der Waals surface area (Å²) in [5, 5.41) is 4.82. The lowest BCUT2D eigenvalue weighted by atomic mass is 10.0. The molecule has 2 aliphatic rings. The molecular weight excluding hydrogens is 398 g/mol. The van der Waals surface area contributed by atoms with Gasteiger partial charge in [-0.1, -0.05) is 48.5 Å². The number of likely N-dealkylation sites (tertiary alicyclic amines) is 1. The van der Waals surface area contributed by atoms with Crippen molar-refractivity contribution in [1.29, 1.82) is 0 Å². The van der Waals surface area contributed by atoms with Crippen LogP contribution in [0.3, 0.4) is 0 Å². The molecule has 3 aromatic rings. The summed E-state index contributed by atoms with van der Waals surface area (Å²) in [7, 11) is 2.21. The molecule has 6 heteroatoms. The van der Waals surface area contributed by atoms with Crippen LogP contribution in [0.1, 0.15) is 23.2 Å². The van der Waals surface area contributed by atoms with E-state index < -0.39 is 0 Å². The minimum Gasteiger partial charge on any atom is -0.336 e. The van der Waals surface area contributed by atoms with Gasteiger partial charge in [0.1, 0.15) is 5.69 Å². The van der Waals surface area contributed by atoms with Crippen LogP contribution in [-0.2, 0) is 0 Å². The number of carbonyl (C=O) groups is 1. The van der Waals surface area contributed by atoms with Crippen molar-refractivity contribution in [3.63, 3.8) is 0 Å². The molecule has 0 radical (unpaired) electrons. The Labute approximate surface area is 190 Å². The van der Waals surface area contributed by atoms with Crippen LogP contribution in [0, 0.1) is 0 Å². The number of benzene rings is 2. The minimum absolute atomic E-state index is 0.0754. The van der Waals surface area contributed by atoms with E-state index in [4.69, 9.17) is 5.10 Å². The number of piperidine rings is 1. The van der Waals surface area contributed by atoms with Gasteiger partial charge in [-0.05, 0) is 38.6 Å². The Balaban J connectivity index is 1.37. The lowest BCUT2D eigenvalue weighted by molar-refractivity contribution is 0.0452. The van der Waals surface area contributed by atoms with E-state index in [1.807, 2.05) is 76.4 Å². The molecule has 1 amide bonds. The molecule has 2 aromatic carbocycles. The van der Waals surface area contributed by atoms with Gasteiger partial charge < -0.3 is 9.80 Å². The van der Waals surface area contributed by atoms with Crippen molar-refractivity contribution in [1.82, 2.24) is 24.5 Å². The van der Waals surface area contributed by atoms with Gasteiger partial charge in [-0.3, -0.25) is 9.69 Å². The molecule has 1 aromatic heterocycles. The maximum Gasteiger partial charge on any atom is 0.257 e. The molecule has 166 valence electrons. The summed E-state index contributed by atoms with van der Waals surface area (Å²) in [5.41, 5.74) is 3.34. The Bertz CT molecular complexity index is 1040. The summed E-state index contributed by atoms with van der Waals surface area (Å²) >= 11 is 0. The van der Waals surface area contributed by atoms with Crippen LogP contribution in [0.5, 0.6) is 0 Å². The minimum atomic E-state index is 0.0754. The Morgan fingerprint density at radius 1 is 0.906 bits per heavy atom. The number of aromatic nitrogens is 2. The third-order valence-electron chi connectivity index (χ3n) is 6.73. The van der Waals surface area contributed by atoms with Crippen molar-refractivity contribution in [2.75, 3.05) is 46.3 Å². The zero-order valence-electron chi connectivity index (χ0n) is 18.7. The number of amides is 1.